The van der Waals surface area contributed by atoms with Crippen molar-refractivity contribution in [2.75, 3.05) is 13.6 Å². The summed E-state index contributed by atoms with van der Waals surface area (Å²) in [4.78, 5) is 25.5. The number of nitrogens with one attached hydrogen (secondary N) is 1. The van der Waals surface area contributed by atoms with Gasteiger partial charge in [0.2, 0.25) is 5.91 Å². The van der Waals surface area contributed by atoms with Gasteiger partial charge in [-0.25, -0.2) is 0 Å². The molecule has 21 heavy (non-hydrogen) atoms. The molecule has 0 heterocycles. The largest absolute Gasteiger partial charge is 0.388 e. The van der Waals surface area contributed by atoms with E-state index in [-0.39, 0.29) is 18.4 Å². The fraction of sp³-hybridized carbons (Fsp3) is 0.500. The highest BCUT2D eigenvalue weighted by atomic mass is 16.3. The quantitative estimate of drug-likeness (QED) is 0.862. The topological polar surface area (TPSA) is 69.6 Å². The fourth-order valence-electron chi connectivity index (χ4n) is 1.63. The number of aliphatic hydroxyl groups is 1. The molecular formula is C16H24N2O3. The lowest BCUT2D eigenvalue weighted by Crippen LogP contribution is -2.59. The van der Waals surface area contributed by atoms with Crippen molar-refractivity contribution in [2.45, 2.75) is 38.8 Å². The average molecular weight is 292 g/mol. The van der Waals surface area contributed by atoms with Crippen LogP contribution in [0.3, 0.4) is 0 Å². The first kappa shape index (κ1) is 17.2. The molecule has 0 aromatic heterocycles. The number of amides is 2. The van der Waals surface area contributed by atoms with Gasteiger partial charge < -0.3 is 15.3 Å². The Bertz CT molecular complexity index is 504. The molecule has 1 aromatic rings. The molecule has 0 radical (unpaired) electrons. The Balaban J connectivity index is 2.65. The van der Waals surface area contributed by atoms with Gasteiger partial charge in [-0.3, -0.25) is 9.59 Å². The molecule has 5 nitrogen and oxygen atoms in total. The average Bonchev–Trinajstić information content (AvgIpc) is 2.36. The Labute approximate surface area is 126 Å². The zero-order valence-electron chi connectivity index (χ0n) is 13.3. The minimum absolute atomic E-state index is 0.0623. The smallest absolute Gasteiger partial charge is 0.254 e. The summed E-state index contributed by atoms with van der Waals surface area (Å²) in [5, 5.41) is 12.8. The van der Waals surface area contributed by atoms with Gasteiger partial charge in [-0.1, -0.05) is 18.2 Å². The van der Waals surface area contributed by atoms with E-state index in [9.17, 15) is 14.7 Å². The second-order valence-corrected chi connectivity index (χ2v) is 6.26. The second-order valence-electron chi connectivity index (χ2n) is 6.26. The zero-order chi connectivity index (χ0) is 16.3. The van der Waals surface area contributed by atoms with Gasteiger partial charge in [0.25, 0.3) is 5.91 Å². The first-order chi connectivity index (χ1) is 9.54. The van der Waals surface area contributed by atoms with Gasteiger partial charge in [0.15, 0.2) is 0 Å². The summed E-state index contributed by atoms with van der Waals surface area (Å²) in [6.45, 7) is 6.68. The predicted molar refractivity (Wildman–Crippen MR) is 81.9 cm³/mol. The maximum Gasteiger partial charge on any atom is 0.254 e. The Hall–Kier alpha value is -1.88. The monoisotopic (exact) mass is 292 g/mol. The van der Waals surface area contributed by atoms with Crippen LogP contribution in [0.4, 0.5) is 0 Å². The van der Waals surface area contributed by atoms with Gasteiger partial charge in [0.1, 0.15) is 0 Å². The van der Waals surface area contributed by atoms with E-state index < -0.39 is 11.1 Å². The van der Waals surface area contributed by atoms with Crippen molar-refractivity contribution < 1.29 is 14.7 Å². The standard InChI is InChI=1S/C16H24N2O3/c1-15(2,16(3,4)21)17-13(19)11-18(5)14(20)12-9-7-6-8-10-12/h6-10,21H,11H2,1-5H3,(H,17,19). The molecular weight excluding hydrogens is 268 g/mol. The van der Waals surface area contributed by atoms with Gasteiger partial charge in [-0.2, -0.15) is 0 Å². The highest BCUT2D eigenvalue weighted by Gasteiger charge is 2.36. The number of carbonyl (C=O) groups excluding carboxylic acids is 2. The lowest BCUT2D eigenvalue weighted by Gasteiger charge is -2.38. The normalized spacial score (nSPS) is 11.9. The maximum atomic E-state index is 12.1. The Morgan fingerprint density at radius 1 is 1.14 bits per heavy atom. The van der Waals surface area contributed by atoms with Crippen molar-refractivity contribution in [1.29, 1.82) is 0 Å². The SMILES string of the molecule is CN(CC(=O)NC(C)(C)C(C)(C)O)C(=O)c1ccccc1. The highest BCUT2D eigenvalue weighted by Crippen LogP contribution is 2.20. The van der Waals surface area contributed by atoms with Crippen molar-refractivity contribution in [3.63, 3.8) is 0 Å². The molecule has 0 aliphatic carbocycles. The minimum Gasteiger partial charge on any atom is -0.388 e. The van der Waals surface area contributed by atoms with Crippen LogP contribution < -0.4 is 5.32 Å². The third-order valence-corrected chi connectivity index (χ3v) is 3.73. The van der Waals surface area contributed by atoms with Crippen molar-refractivity contribution in [3.05, 3.63) is 35.9 Å². The summed E-state index contributed by atoms with van der Waals surface area (Å²) >= 11 is 0. The summed E-state index contributed by atoms with van der Waals surface area (Å²) in [5.41, 5.74) is -1.32. The molecule has 116 valence electrons. The summed E-state index contributed by atoms with van der Waals surface area (Å²) in [5.74, 6) is -0.527. The van der Waals surface area contributed by atoms with E-state index in [4.69, 9.17) is 0 Å². The molecule has 0 fully saturated rings. The number of rotatable bonds is 5. The summed E-state index contributed by atoms with van der Waals surface area (Å²) in [6.07, 6.45) is 0. The van der Waals surface area contributed by atoms with E-state index in [2.05, 4.69) is 5.32 Å². The molecule has 2 N–H and O–H groups in total. The van der Waals surface area contributed by atoms with E-state index in [1.807, 2.05) is 6.07 Å². The second kappa shape index (κ2) is 6.26. The molecule has 1 rings (SSSR count). The third kappa shape index (κ3) is 4.56. The number of nitrogens with zero attached hydrogens (tertiary/aromatic N) is 1. The lowest BCUT2D eigenvalue weighted by atomic mass is 9.86. The van der Waals surface area contributed by atoms with Crippen LogP contribution in [0.25, 0.3) is 0 Å². The van der Waals surface area contributed by atoms with Crippen molar-refractivity contribution >= 4 is 11.8 Å². The third-order valence-electron chi connectivity index (χ3n) is 3.73. The number of benzene rings is 1. The Morgan fingerprint density at radius 3 is 2.14 bits per heavy atom. The Morgan fingerprint density at radius 2 is 1.67 bits per heavy atom. The van der Waals surface area contributed by atoms with Crippen LogP contribution in [0.15, 0.2) is 30.3 Å². The predicted octanol–water partition coefficient (Wildman–Crippen LogP) is 1.42. The van der Waals surface area contributed by atoms with E-state index in [1.54, 1.807) is 59.0 Å². The molecule has 0 saturated carbocycles. The fourth-order valence-corrected chi connectivity index (χ4v) is 1.63. The van der Waals surface area contributed by atoms with Crippen LogP contribution in [0.2, 0.25) is 0 Å². The minimum atomic E-state index is -1.06. The molecule has 1 aromatic carbocycles. The van der Waals surface area contributed by atoms with Crippen LogP contribution in [0, 0.1) is 0 Å². The number of carbonyl (C=O) groups is 2. The van der Waals surface area contributed by atoms with E-state index in [0.29, 0.717) is 5.56 Å². The zero-order valence-corrected chi connectivity index (χ0v) is 13.3. The molecule has 0 aliphatic rings. The van der Waals surface area contributed by atoms with Crippen LogP contribution >= 0.6 is 0 Å². The van der Waals surface area contributed by atoms with Gasteiger partial charge in [0.05, 0.1) is 17.7 Å². The first-order valence-electron chi connectivity index (χ1n) is 6.88. The van der Waals surface area contributed by atoms with Gasteiger partial charge in [-0.15, -0.1) is 0 Å². The molecule has 5 heteroatoms. The van der Waals surface area contributed by atoms with Crippen molar-refractivity contribution in [2.24, 2.45) is 0 Å². The lowest BCUT2D eigenvalue weighted by molar-refractivity contribution is -0.126. The van der Waals surface area contributed by atoms with Gasteiger partial charge in [-0.05, 0) is 39.8 Å². The number of hydrogen-bond donors (Lipinski definition) is 2. The van der Waals surface area contributed by atoms with E-state index in [1.165, 1.54) is 4.90 Å². The number of likely N-dealkylation sites (N-methyl/N-ethyl adjacent to an activating group) is 1. The van der Waals surface area contributed by atoms with E-state index >= 15 is 0 Å². The van der Waals surface area contributed by atoms with E-state index in [0.717, 1.165) is 0 Å². The number of hydrogen-bond acceptors (Lipinski definition) is 3. The van der Waals surface area contributed by atoms with Crippen molar-refractivity contribution in [1.82, 2.24) is 10.2 Å². The molecule has 0 saturated heterocycles. The van der Waals surface area contributed by atoms with Crippen LogP contribution in [0.5, 0.6) is 0 Å². The van der Waals surface area contributed by atoms with Gasteiger partial charge in [0, 0.05) is 12.6 Å². The molecule has 0 unspecified atom stereocenters. The molecule has 0 atom stereocenters. The summed E-state index contributed by atoms with van der Waals surface area (Å²) < 4.78 is 0. The van der Waals surface area contributed by atoms with Gasteiger partial charge >= 0.3 is 0 Å². The van der Waals surface area contributed by atoms with Crippen LogP contribution in [-0.2, 0) is 4.79 Å². The summed E-state index contributed by atoms with van der Waals surface area (Å²) in [6, 6.07) is 8.79. The maximum absolute atomic E-state index is 12.1. The first-order valence-corrected chi connectivity index (χ1v) is 6.88. The molecule has 0 aliphatic heterocycles. The molecule has 2 amide bonds. The highest BCUT2D eigenvalue weighted by molar-refractivity contribution is 5.96. The molecule has 0 spiro atoms. The van der Waals surface area contributed by atoms with Crippen molar-refractivity contribution in [3.8, 4) is 0 Å². The Kier molecular flexibility index (Phi) is 5.12. The molecule has 0 bridgehead atoms. The van der Waals surface area contributed by atoms with Crippen LogP contribution in [0.1, 0.15) is 38.1 Å². The van der Waals surface area contributed by atoms with Crippen LogP contribution in [-0.4, -0.2) is 46.6 Å². The summed E-state index contributed by atoms with van der Waals surface area (Å²) in [7, 11) is 1.58.